The fourth-order valence-corrected chi connectivity index (χ4v) is 2.33. The molecule has 0 aliphatic carbocycles. The Labute approximate surface area is 140 Å². The van der Waals surface area contributed by atoms with Gasteiger partial charge in [0, 0.05) is 17.3 Å². The Bertz CT molecular complexity index is 729. The lowest BCUT2D eigenvalue weighted by atomic mass is 10.1. The van der Waals surface area contributed by atoms with Gasteiger partial charge in [0.1, 0.15) is 6.42 Å². The van der Waals surface area contributed by atoms with Crippen LogP contribution in [0.3, 0.4) is 0 Å². The van der Waals surface area contributed by atoms with Gasteiger partial charge < -0.3 is 10.6 Å². The molecule has 0 aromatic heterocycles. The van der Waals surface area contributed by atoms with Gasteiger partial charge in [0.2, 0.25) is 11.8 Å². The first-order chi connectivity index (χ1) is 11.0. The number of hydrogen-bond donors (Lipinski definition) is 2. The molecule has 0 saturated heterocycles. The van der Waals surface area contributed by atoms with Crippen molar-refractivity contribution >= 4 is 29.1 Å². The molecule has 0 unspecified atom stereocenters. The van der Waals surface area contributed by atoms with Crippen molar-refractivity contribution in [1.82, 2.24) is 5.32 Å². The first-order valence-corrected chi connectivity index (χ1v) is 7.71. The van der Waals surface area contributed by atoms with Gasteiger partial charge in [0.05, 0.1) is 0 Å². The van der Waals surface area contributed by atoms with Gasteiger partial charge in [-0.15, -0.1) is 0 Å². The molecule has 23 heavy (non-hydrogen) atoms. The van der Waals surface area contributed by atoms with Crippen LogP contribution in [-0.2, 0) is 16.1 Å². The fourth-order valence-electron chi connectivity index (χ4n) is 2.12. The van der Waals surface area contributed by atoms with Crippen LogP contribution in [0, 0.1) is 13.8 Å². The van der Waals surface area contributed by atoms with Gasteiger partial charge in [0.25, 0.3) is 0 Å². The number of carbonyl (C=O) groups is 2. The highest BCUT2D eigenvalue weighted by Crippen LogP contribution is 2.18. The summed E-state index contributed by atoms with van der Waals surface area (Å²) in [5.41, 5.74) is 3.63. The van der Waals surface area contributed by atoms with Gasteiger partial charge in [-0.05, 0) is 42.7 Å². The van der Waals surface area contributed by atoms with Gasteiger partial charge in [-0.1, -0.05) is 41.9 Å². The molecule has 5 heteroatoms. The monoisotopic (exact) mass is 330 g/mol. The number of carbonyl (C=O) groups excluding carboxylic acids is 2. The second kappa shape index (κ2) is 7.79. The average molecular weight is 331 g/mol. The van der Waals surface area contributed by atoms with Crippen molar-refractivity contribution in [2.45, 2.75) is 26.8 Å². The quantitative estimate of drug-likeness (QED) is 0.823. The van der Waals surface area contributed by atoms with Gasteiger partial charge in [-0.2, -0.15) is 0 Å². The highest BCUT2D eigenvalue weighted by molar-refractivity contribution is 6.31. The van der Waals surface area contributed by atoms with E-state index in [-0.39, 0.29) is 18.2 Å². The zero-order valence-electron chi connectivity index (χ0n) is 13.2. The van der Waals surface area contributed by atoms with E-state index in [0.29, 0.717) is 11.6 Å². The summed E-state index contributed by atoms with van der Waals surface area (Å²) in [6.07, 6.45) is -0.224. The Morgan fingerprint density at radius 3 is 2.48 bits per heavy atom. The highest BCUT2D eigenvalue weighted by Gasteiger charge is 2.11. The van der Waals surface area contributed by atoms with Crippen LogP contribution in [0.4, 0.5) is 5.69 Å². The minimum atomic E-state index is -0.340. The summed E-state index contributed by atoms with van der Waals surface area (Å²) in [7, 11) is 0. The van der Waals surface area contributed by atoms with Crippen LogP contribution in [0.25, 0.3) is 0 Å². The smallest absolute Gasteiger partial charge is 0.233 e. The van der Waals surface area contributed by atoms with E-state index in [1.54, 1.807) is 6.07 Å². The first kappa shape index (κ1) is 17.0. The maximum absolute atomic E-state index is 12.0. The summed E-state index contributed by atoms with van der Waals surface area (Å²) < 4.78 is 0. The summed E-state index contributed by atoms with van der Waals surface area (Å²) >= 11 is 6.02. The zero-order valence-corrected chi connectivity index (χ0v) is 13.9. The van der Waals surface area contributed by atoms with Crippen molar-refractivity contribution in [2.75, 3.05) is 5.32 Å². The van der Waals surface area contributed by atoms with Crippen molar-refractivity contribution in [3.05, 3.63) is 64.2 Å². The molecular formula is C18H19ClN2O2. The number of nitrogens with one attached hydrogen (secondary N) is 2. The van der Waals surface area contributed by atoms with Gasteiger partial charge in [-0.3, -0.25) is 9.59 Å². The van der Waals surface area contributed by atoms with E-state index in [0.717, 1.165) is 22.4 Å². The lowest BCUT2D eigenvalue weighted by Crippen LogP contribution is -2.28. The largest absolute Gasteiger partial charge is 0.352 e. The molecule has 0 radical (unpaired) electrons. The highest BCUT2D eigenvalue weighted by atomic mass is 35.5. The van der Waals surface area contributed by atoms with Crippen LogP contribution in [0.15, 0.2) is 42.5 Å². The lowest BCUT2D eigenvalue weighted by Gasteiger charge is -2.11. The molecule has 0 bridgehead atoms. The van der Waals surface area contributed by atoms with E-state index in [2.05, 4.69) is 10.6 Å². The SMILES string of the molecule is Cc1cccc(NC(=O)CC(=O)NCc2ccccc2Cl)c1C. The van der Waals surface area contributed by atoms with E-state index in [1.807, 2.05) is 50.2 Å². The van der Waals surface area contributed by atoms with E-state index < -0.39 is 0 Å². The van der Waals surface area contributed by atoms with Crippen LogP contribution < -0.4 is 10.6 Å². The molecule has 0 fully saturated rings. The molecule has 4 nitrogen and oxygen atoms in total. The van der Waals surface area contributed by atoms with Crippen molar-refractivity contribution in [2.24, 2.45) is 0 Å². The molecule has 2 N–H and O–H groups in total. The molecule has 2 aromatic carbocycles. The second-order valence-corrected chi connectivity index (χ2v) is 5.75. The summed E-state index contributed by atoms with van der Waals surface area (Å²) in [5.74, 6) is -0.678. The molecule has 0 saturated carbocycles. The number of benzene rings is 2. The number of hydrogen-bond acceptors (Lipinski definition) is 2. The van der Waals surface area contributed by atoms with Crippen LogP contribution in [0.2, 0.25) is 5.02 Å². The third-order valence-electron chi connectivity index (χ3n) is 3.63. The molecule has 2 rings (SSSR count). The van der Waals surface area contributed by atoms with E-state index >= 15 is 0 Å². The van der Waals surface area contributed by atoms with E-state index in [1.165, 1.54) is 0 Å². The van der Waals surface area contributed by atoms with E-state index in [4.69, 9.17) is 11.6 Å². The zero-order chi connectivity index (χ0) is 16.8. The Morgan fingerprint density at radius 1 is 1.00 bits per heavy atom. The van der Waals surface area contributed by atoms with Crippen LogP contribution >= 0.6 is 11.6 Å². The van der Waals surface area contributed by atoms with Gasteiger partial charge in [-0.25, -0.2) is 0 Å². The predicted octanol–water partition coefficient (Wildman–Crippen LogP) is 3.60. The molecule has 120 valence electrons. The second-order valence-electron chi connectivity index (χ2n) is 5.34. The summed E-state index contributed by atoms with van der Waals surface area (Å²) in [5, 5.41) is 6.05. The lowest BCUT2D eigenvalue weighted by molar-refractivity contribution is -0.126. The minimum absolute atomic E-state index is 0.224. The summed E-state index contributed by atoms with van der Waals surface area (Å²) in [6, 6.07) is 12.9. The molecule has 0 aliphatic rings. The number of amides is 2. The maximum Gasteiger partial charge on any atom is 0.233 e. The fraction of sp³-hybridized carbons (Fsp3) is 0.222. The number of rotatable bonds is 5. The van der Waals surface area contributed by atoms with Crippen LogP contribution in [-0.4, -0.2) is 11.8 Å². The Hall–Kier alpha value is -2.33. The number of halogens is 1. The van der Waals surface area contributed by atoms with Crippen LogP contribution in [0.1, 0.15) is 23.1 Å². The average Bonchev–Trinajstić information content (AvgIpc) is 2.51. The molecule has 0 aliphatic heterocycles. The normalized spacial score (nSPS) is 10.2. The van der Waals surface area contributed by atoms with Gasteiger partial charge >= 0.3 is 0 Å². The molecule has 2 amide bonds. The van der Waals surface area contributed by atoms with Crippen molar-refractivity contribution in [1.29, 1.82) is 0 Å². The Balaban J connectivity index is 1.86. The Kier molecular flexibility index (Phi) is 5.77. The third kappa shape index (κ3) is 4.83. The van der Waals surface area contributed by atoms with Crippen molar-refractivity contribution in [3.8, 4) is 0 Å². The topological polar surface area (TPSA) is 58.2 Å². The molecule has 2 aromatic rings. The van der Waals surface area contributed by atoms with Gasteiger partial charge in [0.15, 0.2) is 0 Å². The first-order valence-electron chi connectivity index (χ1n) is 7.33. The summed E-state index contributed by atoms with van der Waals surface area (Å²) in [4.78, 5) is 23.8. The molecular weight excluding hydrogens is 312 g/mol. The predicted molar refractivity (Wildman–Crippen MR) is 92.5 cm³/mol. The molecule has 0 spiro atoms. The Morgan fingerprint density at radius 2 is 1.74 bits per heavy atom. The number of aryl methyl sites for hydroxylation is 1. The number of anilines is 1. The van der Waals surface area contributed by atoms with Crippen molar-refractivity contribution < 1.29 is 9.59 Å². The van der Waals surface area contributed by atoms with E-state index in [9.17, 15) is 9.59 Å². The minimum Gasteiger partial charge on any atom is -0.352 e. The third-order valence-corrected chi connectivity index (χ3v) is 4.00. The summed E-state index contributed by atoms with van der Waals surface area (Å²) in [6.45, 7) is 4.21. The van der Waals surface area contributed by atoms with Crippen LogP contribution in [0.5, 0.6) is 0 Å². The maximum atomic E-state index is 12.0. The standard InChI is InChI=1S/C18H19ClN2O2/c1-12-6-5-9-16(13(12)2)21-18(23)10-17(22)20-11-14-7-3-4-8-15(14)19/h3-9H,10-11H2,1-2H3,(H,20,22)(H,21,23). The molecule has 0 heterocycles. The molecule has 0 atom stereocenters. The van der Waals surface area contributed by atoms with Crippen molar-refractivity contribution in [3.63, 3.8) is 0 Å².